The lowest BCUT2D eigenvalue weighted by atomic mass is 9.81. The van der Waals surface area contributed by atoms with Gasteiger partial charge >= 0.3 is 0 Å². The van der Waals surface area contributed by atoms with Crippen molar-refractivity contribution in [1.29, 1.82) is 0 Å². The van der Waals surface area contributed by atoms with Crippen molar-refractivity contribution in [3.05, 3.63) is 0 Å². The highest BCUT2D eigenvalue weighted by Gasteiger charge is 2.26. The standard InChI is InChI=1S/C12H27NO/c1-8(2)6-11(7-13)12(14)10(5)9(3)4/h8-12,14H,6-7,13H2,1-5H3. The van der Waals surface area contributed by atoms with E-state index in [1.165, 1.54) is 0 Å². The van der Waals surface area contributed by atoms with Crippen LogP contribution in [0.2, 0.25) is 0 Å². The Morgan fingerprint density at radius 1 is 1.07 bits per heavy atom. The first-order chi connectivity index (χ1) is 6.40. The van der Waals surface area contributed by atoms with Crippen LogP contribution in [-0.2, 0) is 0 Å². The molecule has 2 nitrogen and oxygen atoms in total. The molecule has 0 amide bonds. The molecule has 0 saturated heterocycles. The second kappa shape index (κ2) is 6.41. The molecule has 14 heavy (non-hydrogen) atoms. The maximum atomic E-state index is 10.1. The zero-order valence-electron chi connectivity index (χ0n) is 10.3. The third-order valence-corrected chi connectivity index (χ3v) is 3.15. The second-order valence-electron chi connectivity index (χ2n) is 5.22. The van der Waals surface area contributed by atoms with Gasteiger partial charge in [-0.15, -0.1) is 0 Å². The summed E-state index contributed by atoms with van der Waals surface area (Å²) in [5.41, 5.74) is 5.70. The van der Waals surface area contributed by atoms with Crippen molar-refractivity contribution in [2.24, 2.45) is 29.4 Å². The predicted octanol–water partition coefficient (Wildman–Crippen LogP) is 2.26. The fourth-order valence-corrected chi connectivity index (χ4v) is 1.80. The van der Waals surface area contributed by atoms with Crippen LogP contribution in [-0.4, -0.2) is 17.8 Å². The summed E-state index contributed by atoms with van der Waals surface area (Å²) in [7, 11) is 0. The summed E-state index contributed by atoms with van der Waals surface area (Å²) in [6.07, 6.45) is 0.775. The fourth-order valence-electron chi connectivity index (χ4n) is 1.80. The Bertz CT molecular complexity index is 145. The maximum absolute atomic E-state index is 10.1. The van der Waals surface area contributed by atoms with Gasteiger partial charge in [0.05, 0.1) is 6.10 Å². The maximum Gasteiger partial charge on any atom is 0.0608 e. The number of hydrogen-bond donors (Lipinski definition) is 2. The van der Waals surface area contributed by atoms with Crippen LogP contribution in [0.1, 0.15) is 41.0 Å². The number of hydrogen-bond acceptors (Lipinski definition) is 2. The highest BCUT2D eigenvalue weighted by Crippen LogP contribution is 2.24. The van der Waals surface area contributed by atoms with Crippen molar-refractivity contribution in [3.63, 3.8) is 0 Å². The minimum Gasteiger partial charge on any atom is -0.393 e. The quantitative estimate of drug-likeness (QED) is 0.692. The first kappa shape index (κ1) is 13.9. The molecule has 0 spiro atoms. The van der Waals surface area contributed by atoms with Crippen molar-refractivity contribution in [3.8, 4) is 0 Å². The second-order valence-corrected chi connectivity index (χ2v) is 5.22. The van der Waals surface area contributed by atoms with E-state index < -0.39 is 0 Å². The lowest BCUT2D eigenvalue weighted by Crippen LogP contribution is -2.35. The van der Waals surface area contributed by atoms with Crippen molar-refractivity contribution in [2.45, 2.75) is 47.1 Å². The zero-order chi connectivity index (χ0) is 11.3. The summed E-state index contributed by atoms with van der Waals surface area (Å²) < 4.78 is 0. The van der Waals surface area contributed by atoms with Gasteiger partial charge in [0.25, 0.3) is 0 Å². The van der Waals surface area contributed by atoms with Gasteiger partial charge < -0.3 is 10.8 Å². The van der Waals surface area contributed by atoms with Crippen LogP contribution in [0.5, 0.6) is 0 Å². The molecule has 86 valence electrons. The minimum atomic E-state index is -0.248. The fraction of sp³-hybridized carbons (Fsp3) is 1.00. The number of nitrogens with two attached hydrogens (primary N) is 1. The van der Waals surface area contributed by atoms with Crippen molar-refractivity contribution >= 4 is 0 Å². The number of rotatable bonds is 6. The zero-order valence-corrected chi connectivity index (χ0v) is 10.3. The monoisotopic (exact) mass is 201 g/mol. The van der Waals surface area contributed by atoms with E-state index in [-0.39, 0.29) is 12.0 Å². The van der Waals surface area contributed by atoms with Gasteiger partial charge in [0.2, 0.25) is 0 Å². The summed E-state index contributed by atoms with van der Waals surface area (Å²) >= 11 is 0. The Kier molecular flexibility index (Phi) is 6.38. The molecule has 3 N–H and O–H groups in total. The molecule has 0 aliphatic rings. The predicted molar refractivity (Wildman–Crippen MR) is 62.0 cm³/mol. The molecule has 3 unspecified atom stereocenters. The summed E-state index contributed by atoms with van der Waals surface area (Å²) in [5, 5.41) is 10.1. The Morgan fingerprint density at radius 2 is 1.57 bits per heavy atom. The van der Waals surface area contributed by atoms with E-state index in [1.54, 1.807) is 0 Å². The van der Waals surface area contributed by atoms with Gasteiger partial charge in [-0.3, -0.25) is 0 Å². The topological polar surface area (TPSA) is 46.2 Å². The van der Waals surface area contributed by atoms with Gasteiger partial charge in [0.1, 0.15) is 0 Å². The average molecular weight is 201 g/mol. The Hall–Kier alpha value is -0.0800. The molecule has 0 radical (unpaired) electrons. The average Bonchev–Trinajstić information content (AvgIpc) is 2.11. The van der Waals surface area contributed by atoms with E-state index >= 15 is 0 Å². The summed E-state index contributed by atoms with van der Waals surface area (Å²) in [6, 6.07) is 0. The van der Waals surface area contributed by atoms with Gasteiger partial charge in [-0.25, -0.2) is 0 Å². The van der Waals surface area contributed by atoms with Gasteiger partial charge in [0, 0.05) is 0 Å². The Balaban J connectivity index is 4.22. The SMILES string of the molecule is CC(C)CC(CN)C(O)C(C)C(C)C. The molecule has 0 aliphatic carbocycles. The van der Waals surface area contributed by atoms with Gasteiger partial charge in [0.15, 0.2) is 0 Å². The van der Waals surface area contributed by atoms with Crippen LogP contribution in [0, 0.1) is 23.7 Å². The molecule has 0 aromatic rings. The molecular weight excluding hydrogens is 174 g/mol. The molecule has 2 heteroatoms. The van der Waals surface area contributed by atoms with Crippen LogP contribution < -0.4 is 5.73 Å². The van der Waals surface area contributed by atoms with Crippen LogP contribution in [0.3, 0.4) is 0 Å². The van der Waals surface area contributed by atoms with E-state index in [1.807, 2.05) is 0 Å². The van der Waals surface area contributed by atoms with E-state index in [9.17, 15) is 5.11 Å². The van der Waals surface area contributed by atoms with E-state index in [0.29, 0.717) is 24.3 Å². The molecule has 0 aromatic heterocycles. The number of aliphatic hydroxyl groups is 1. The molecule has 0 rings (SSSR count). The van der Waals surface area contributed by atoms with Crippen LogP contribution in [0.4, 0.5) is 0 Å². The summed E-state index contributed by atoms with van der Waals surface area (Å²) in [5.74, 6) is 1.72. The van der Waals surface area contributed by atoms with Crippen molar-refractivity contribution < 1.29 is 5.11 Å². The first-order valence-electron chi connectivity index (χ1n) is 5.78. The van der Waals surface area contributed by atoms with E-state index in [2.05, 4.69) is 34.6 Å². The molecule has 0 heterocycles. The molecule has 0 bridgehead atoms. The Labute approximate surface area is 88.9 Å². The van der Waals surface area contributed by atoms with Gasteiger partial charge in [-0.2, -0.15) is 0 Å². The third kappa shape index (κ3) is 4.43. The lowest BCUT2D eigenvalue weighted by molar-refractivity contribution is 0.0330. The van der Waals surface area contributed by atoms with Gasteiger partial charge in [-0.1, -0.05) is 34.6 Å². The minimum absolute atomic E-state index is 0.248. The normalized spacial score (nSPS) is 18.6. The summed E-state index contributed by atoms with van der Waals surface area (Å²) in [4.78, 5) is 0. The van der Waals surface area contributed by atoms with Crippen LogP contribution >= 0.6 is 0 Å². The molecular formula is C12H27NO. The molecule has 0 aromatic carbocycles. The lowest BCUT2D eigenvalue weighted by Gasteiger charge is -2.30. The molecule has 3 atom stereocenters. The summed E-state index contributed by atoms with van der Waals surface area (Å²) in [6.45, 7) is 11.4. The van der Waals surface area contributed by atoms with E-state index in [4.69, 9.17) is 5.73 Å². The van der Waals surface area contributed by atoms with Crippen LogP contribution in [0.15, 0.2) is 0 Å². The smallest absolute Gasteiger partial charge is 0.0608 e. The highest BCUT2D eigenvalue weighted by atomic mass is 16.3. The molecule has 0 aliphatic heterocycles. The van der Waals surface area contributed by atoms with Gasteiger partial charge in [-0.05, 0) is 36.6 Å². The van der Waals surface area contributed by atoms with Crippen LogP contribution in [0.25, 0.3) is 0 Å². The third-order valence-electron chi connectivity index (χ3n) is 3.15. The van der Waals surface area contributed by atoms with Crippen molar-refractivity contribution in [2.75, 3.05) is 6.54 Å². The molecule has 0 saturated carbocycles. The highest BCUT2D eigenvalue weighted by molar-refractivity contribution is 4.77. The van der Waals surface area contributed by atoms with E-state index in [0.717, 1.165) is 6.42 Å². The molecule has 0 fully saturated rings. The Morgan fingerprint density at radius 3 is 1.86 bits per heavy atom. The first-order valence-corrected chi connectivity index (χ1v) is 5.78. The number of aliphatic hydroxyl groups excluding tert-OH is 1. The van der Waals surface area contributed by atoms with Crippen molar-refractivity contribution in [1.82, 2.24) is 0 Å². The largest absolute Gasteiger partial charge is 0.393 e.